The molecule has 1 aliphatic heterocycles. The van der Waals surface area contributed by atoms with E-state index in [2.05, 4.69) is 35.5 Å². The number of nitrogens with zero attached hydrogens (tertiary/aromatic N) is 4. The van der Waals surface area contributed by atoms with Crippen molar-refractivity contribution in [1.82, 2.24) is 29.9 Å². The smallest absolute Gasteiger partial charge is 0.441 e. The van der Waals surface area contributed by atoms with Gasteiger partial charge in [-0.2, -0.15) is 10.1 Å². The fraction of sp³-hybridized carbons (Fsp3) is 0.444. The molecule has 3 aromatic heterocycles. The van der Waals surface area contributed by atoms with Crippen LogP contribution >= 0.6 is 0 Å². The normalized spacial score (nSPS) is 20.9. The summed E-state index contributed by atoms with van der Waals surface area (Å²) in [5, 5.41) is 11.9. The van der Waals surface area contributed by atoms with Crippen molar-refractivity contribution in [3.8, 4) is 5.88 Å². The highest BCUT2D eigenvalue weighted by atomic mass is 19.4. The molecule has 3 aromatic rings. The van der Waals surface area contributed by atoms with Gasteiger partial charge in [-0.3, -0.25) is 9.50 Å². The van der Waals surface area contributed by atoms with Gasteiger partial charge in [-0.05, 0) is 19.9 Å². The van der Waals surface area contributed by atoms with Crippen LogP contribution in [0.25, 0.3) is 5.65 Å². The lowest BCUT2D eigenvalue weighted by molar-refractivity contribution is -0.276. The van der Waals surface area contributed by atoms with Crippen LogP contribution in [0.5, 0.6) is 5.88 Å². The Kier molecular flexibility index (Phi) is 5.97. The molecule has 0 spiro atoms. The van der Waals surface area contributed by atoms with Gasteiger partial charge in [-0.1, -0.05) is 0 Å². The van der Waals surface area contributed by atoms with E-state index < -0.39 is 36.7 Å². The number of imidazole rings is 1. The number of halogens is 4. The Morgan fingerprint density at radius 1 is 1.39 bits per heavy atom. The summed E-state index contributed by atoms with van der Waals surface area (Å²) in [6, 6.07) is 2.66. The van der Waals surface area contributed by atoms with Crippen LogP contribution in [0.3, 0.4) is 0 Å². The highest BCUT2D eigenvalue weighted by Gasteiger charge is 2.42. The van der Waals surface area contributed by atoms with Crippen LogP contribution in [-0.2, 0) is 9.47 Å². The molecule has 3 atom stereocenters. The molecule has 1 amide bonds. The van der Waals surface area contributed by atoms with Crippen molar-refractivity contribution in [2.45, 2.75) is 44.6 Å². The summed E-state index contributed by atoms with van der Waals surface area (Å²) in [5.41, 5.74) is 0.407. The predicted octanol–water partition coefficient (Wildman–Crippen LogP) is 3.01. The third kappa shape index (κ3) is 5.24. The molecule has 0 saturated carbocycles. The van der Waals surface area contributed by atoms with E-state index in [9.17, 15) is 22.4 Å². The second kappa shape index (κ2) is 8.73. The number of aromatic nitrogens is 5. The van der Waals surface area contributed by atoms with Crippen molar-refractivity contribution in [2.75, 3.05) is 11.9 Å². The van der Waals surface area contributed by atoms with Gasteiger partial charge in [0.15, 0.2) is 18.1 Å². The molecule has 3 N–H and O–H groups in total. The van der Waals surface area contributed by atoms with E-state index in [0.29, 0.717) is 0 Å². The van der Waals surface area contributed by atoms with Gasteiger partial charge in [0.2, 0.25) is 11.8 Å². The molecule has 15 heteroatoms. The number of nitrogens with one attached hydrogen (secondary N) is 3. The van der Waals surface area contributed by atoms with Crippen molar-refractivity contribution in [3.05, 3.63) is 30.2 Å². The van der Waals surface area contributed by atoms with E-state index >= 15 is 0 Å². The molecular formula is C18H19F4N7O4. The zero-order valence-electron chi connectivity index (χ0n) is 17.3. The minimum atomic E-state index is -4.89. The standard InChI is InChI=1S/C18H19F4N7O4/c1-8(2)24-17(30)32-10-7-31-15(14(10)19)9-5-11(28-27-9)25-16-23-4-3-12-26-13(6-29(12)16)33-18(20,21)22/h3-6,8,10,14-15H,7H2,1-2H3,(H,24,30)(H2,23,25,27,28)/t10-,14-,15-/m0/s1. The van der Waals surface area contributed by atoms with Crippen molar-refractivity contribution >= 4 is 23.5 Å². The number of H-pyrrole nitrogens is 1. The SMILES string of the molecule is CC(C)NC(=O)O[C@H]1CO[C@@H](c2cc(Nc3nccc4nc(OC(F)(F)F)cn34)n[nH]2)[C@H]1F. The number of aromatic amines is 1. The van der Waals surface area contributed by atoms with E-state index in [0.717, 1.165) is 6.20 Å². The third-order valence-corrected chi connectivity index (χ3v) is 4.47. The van der Waals surface area contributed by atoms with Crippen molar-refractivity contribution < 1.29 is 36.6 Å². The van der Waals surface area contributed by atoms with Gasteiger partial charge in [0.25, 0.3) is 0 Å². The second-order valence-electron chi connectivity index (χ2n) is 7.40. The average Bonchev–Trinajstić information content (AvgIpc) is 3.40. The number of hydrogen-bond acceptors (Lipinski definition) is 8. The molecular weight excluding hydrogens is 454 g/mol. The summed E-state index contributed by atoms with van der Waals surface area (Å²) < 4.78 is 67.7. The number of carbonyl (C=O) groups is 1. The number of ether oxygens (including phenoxy) is 3. The minimum Gasteiger partial charge on any atom is -0.441 e. The Morgan fingerprint density at radius 2 is 2.18 bits per heavy atom. The van der Waals surface area contributed by atoms with Crippen molar-refractivity contribution in [1.29, 1.82) is 0 Å². The Morgan fingerprint density at radius 3 is 2.91 bits per heavy atom. The summed E-state index contributed by atoms with van der Waals surface area (Å²) >= 11 is 0. The molecule has 1 saturated heterocycles. The first-order valence-electron chi connectivity index (χ1n) is 9.74. The average molecular weight is 473 g/mol. The molecule has 4 heterocycles. The largest absolute Gasteiger partial charge is 0.574 e. The van der Waals surface area contributed by atoms with Crippen molar-refractivity contribution in [3.63, 3.8) is 0 Å². The maximum atomic E-state index is 14.8. The fourth-order valence-corrected chi connectivity index (χ4v) is 3.16. The molecule has 0 aliphatic carbocycles. The fourth-order valence-electron chi connectivity index (χ4n) is 3.16. The molecule has 0 aromatic carbocycles. The number of anilines is 2. The number of fused-ring (bicyclic) bond motifs is 1. The number of amides is 1. The van der Waals surface area contributed by atoms with E-state index in [-0.39, 0.29) is 35.8 Å². The number of carbonyl (C=O) groups excluding carboxylic acids is 1. The summed E-state index contributed by atoms with van der Waals surface area (Å²) in [7, 11) is 0. The molecule has 178 valence electrons. The first-order valence-corrected chi connectivity index (χ1v) is 9.74. The molecule has 33 heavy (non-hydrogen) atoms. The van der Waals surface area contributed by atoms with Crippen LogP contribution in [0.4, 0.5) is 34.1 Å². The summed E-state index contributed by atoms with van der Waals surface area (Å²) in [5.74, 6) is -0.381. The molecule has 0 unspecified atom stereocenters. The number of alkyl halides is 4. The quantitative estimate of drug-likeness (QED) is 0.467. The Labute approximate surface area is 183 Å². The lowest BCUT2D eigenvalue weighted by Gasteiger charge is -2.16. The lowest BCUT2D eigenvalue weighted by atomic mass is 10.1. The molecule has 1 fully saturated rings. The topological polar surface area (TPSA) is 128 Å². The van der Waals surface area contributed by atoms with Crippen LogP contribution in [0, 0.1) is 0 Å². The monoisotopic (exact) mass is 473 g/mol. The van der Waals surface area contributed by atoms with Crippen LogP contribution in [0.2, 0.25) is 0 Å². The van der Waals surface area contributed by atoms with E-state index in [4.69, 9.17) is 9.47 Å². The molecule has 0 bridgehead atoms. The zero-order chi connectivity index (χ0) is 23.8. The van der Waals surface area contributed by atoms with E-state index in [1.807, 2.05) is 0 Å². The maximum absolute atomic E-state index is 14.8. The van der Waals surface area contributed by atoms with Gasteiger partial charge in [-0.25, -0.2) is 14.2 Å². The zero-order valence-corrected chi connectivity index (χ0v) is 17.3. The van der Waals surface area contributed by atoms with Gasteiger partial charge in [0.05, 0.1) is 18.5 Å². The molecule has 11 nitrogen and oxygen atoms in total. The third-order valence-electron chi connectivity index (χ3n) is 4.47. The Hall–Kier alpha value is -3.62. The first-order chi connectivity index (χ1) is 15.6. The highest BCUT2D eigenvalue weighted by Crippen LogP contribution is 2.33. The van der Waals surface area contributed by atoms with Gasteiger partial charge in [-0.15, -0.1) is 13.2 Å². The molecule has 1 aliphatic rings. The summed E-state index contributed by atoms with van der Waals surface area (Å²) in [6.07, 6.45) is -7.10. The van der Waals surface area contributed by atoms with Crippen LogP contribution < -0.4 is 15.4 Å². The Balaban J connectivity index is 1.45. The van der Waals surface area contributed by atoms with Gasteiger partial charge < -0.3 is 24.8 Å². The van der Waals surface area contributed by atoms with Gasteiger partial charge >= 0.3 is 12.5 Å². The second-order valence-corrected chi connectivity index (χ2v) is 7.40. The minimum absolute atomic E-state index is 0.0887. The number of alkyl carbamates (subject to hydrolysis) is 1. The first kappa shape index (κ1) is 22.6. The predicted molar refractivity (Wildman–Crippen MR) is 104 cm³/mol. The van der Waals surface area contributed by atoms with Crippen LogP contribution in [0.15, 0.2) is 24.5 Å². The number of rotatable bonds is 6. The summed E-state index contributed by atoms with van der Waals surface area (Å²) in [4.78, 5) is 19.5. The summed E-state index contributed by atoms with van der Waals surface area (Å²) in [6.45, 7) is 3.34. The van der Waals surface area contributed by atoms with Gasteiger partial charge in [0, 0.05) is 18.3 Å². The van der Waals surface area contributed by atoms with E-state index in [1.165, 1.54) is 22.7 Å². The Bertz CT molecular complexity index is 1130. The highest BCUT2D eigenvalue weighted by molar-refractivity contribution is 5.67. The maximum Gasteiger partial charge on any atom is 0.574 e. The molecule has 0 radical (unpaired) electrons. The van der Waals surface area contributed by atoms with Crippen LogP contribution in [-0.4, -0.2) is 61.9 Å². The lowest BCUT2D eigenvalue weighted by Crippen LogP contribution is -2.36. The molecule has 4 rings (SSSR count). The van der Waals surface area contributed by atoms with E-state index in [1.54, 1.807) is 13.8 Å². The number of hydrogen-bond donors (Lipinski definition) is 3. The van der Waals surface area contributed by atoms with Gasteiger partial charge in [0.1, 0.15) is 11.8 Å². The van der Waals surface area contributed by atoms with Crippen molar-refractivity contribution in [2.24, 2.45) is 0 Å². The van der Waals surface area contributed by atoms with Crippen LogP contribution in [0.1, 0.15) is 25.6 Å².